The number of hydrogen-bond donors (Lipinski definition) is 1. The maximum atomic E-state index is 12.0. The SMILES string of the molecule is O=C(Nc1cccc(-c2nnco2)c1)c1ccccc1. The Morgan fingerprint density at radius 1 is 1.05 bits per heavy atom. The van der Waals surface area contributed by atoms with Gasteiger partial charge in [0.15, 0.2) is 0 Å². The highest BCUT2D eigenvalue weighted by Crippen LogP contribution is 2.20. The molecule has 0 aliphatic heterocycles. The van der Waals surface area contributed by atoms with Gasteiger partial charge in [0.05, 0.1) is 0 Å². The molecule has 0 spiro atoms. The van der Waals surface area contributed by atoms with Crippen LogP contribution in [-0.2, 0) is 0 Å². The predicted octanol–water partition coefficient (Wildman–Crippen LogP) is 2.99. The first-order chi connectivity index (χ1) is 9.83. The van der Waals surface area contributed by atoms with E-state index in [0.717, 1.165) is 5.56 Å². The first-order valence-electron chi connectivity index (χ1n) is 6.06. The third kappa shape index (κ3) is 2.56. The number of anilines is 1. The Balaban J connectivity index is 1.82. The van der Waals surface area contributed by atoms with Crippen molar-refractivity contribution in [1.82, 2.24) is 10.2 Å². The van der Waals surface area contributed by atoms with Gasteiger partial charge in [0, 0.05) is 16.8 Å². The van der Waals surface area contributed by atoms with E-state index in [4.69, 9.17) is 4.42 Å². The second kappa shape index (κ2) is 5.36. The Bertz CT molecular complexity index is 709. The normalized spacial score (nSPS) is 10.2. The minimum atomic E-state index is -0.159. The van der Waals surface area contributed by atoms with Gasteiger partial charge in [0.2, 0.25) is 12.3 Å². The maximum absolute atomic E-state index is 12.0. The zero-order valence-electron chi connectivity index (χ0n) is 10.5. The Morgan fingerprint density at radius 3 is 2.65 bits per heavy atom. The minimum absolute atomic E-state index is 0.159. The van der Waals surface area contributed by atoms with Crippen molar-refractivity contribution in [3.63, 3.8) is 0 Å². The molecular formula is C15H11N3O2. The summed E-state index contributed by atoms with van der Waals surface area (Å²) in [6.07, 6.45) is 1.27. The fourth-order valence-electron chi connectivity index (χ4n) is 1.82. The number of nitrogens with zero attached hydrogens (tertiary/aromatic N) is 2. The molecule has 0 saturated carbocycles. The molecule has 0 unspecified atom stereocenters. The number of carbonyl (C=O) groups is 1. The lowest BCUT2D eigenvalue weighted by Gasteiger charge is -2.06. The van der Waals surface area contributed by atoms with E-state index in [1.807, 2.05) is 30.3 Å². The first kappa shape index (κ1) is 12.1. The Labute approximate surface area is 115 Å². The van der Waals surface area contributed by atoms with E-state index >= 15 is 0 Å². The summed E-state index contributed by atoms with van der Waals surface area (Å²) in [7, 11) is 0. The summed E-state index contributed by atoms with van der Waals surface area (Å²) in [5.74, 6) is 0.258. The quantitative estimate of drug-likeness (QED) is 0.790. The highest BCUT2D eigenvalue weighted by molar-refractivity contribution is 6.04. The molecule has 3 rings (SSSR count). The fourth-order valence-corrected chi connectivity index (χ4v) is 1.82. The Kier molecular flexibility index (Phi) is 3.24. The average molecular weight is 265 g/mol. The lowest BCUT2D eigenvalue weighted by Crippen LogP contribution is -2.11. The van der Waals surface area contributed by atoms with Crippen molar-refractivity contribution in [1.29, 1.82) is 0 Å². The third-order valence-electron chi connectivity index (χ3n) is 2.76. The van der Waals surface area contributed by atoms with Gasteiger partial charge in [-0.25, -0.2) is 0 Å². The highest BCUT2D eigenvalue weighted by Gasteiger charge is 2.07. The number of carbonyl (C=O) groups excluding carboxylic acids is 1. The van der Waals surface area contributed by atoms with Crippen LogP contribution in [0.5, 0.6) is 0 Å². The number of benzene rings is 2. The van der Waals surface area contributed by atoms with Crippen molar-refractivity contribution >= 4 is 11.6 Å². The number of rotatable bonds is 3. The van der Waals surface area contributed by atoms with Crippen molar-refractivity contribution in [3.05, 3.63) is 66.6 Å². The Hall–Kier alpha value is -2.95. The molecule has 20 heavy (non-hydrogen) atoms. The number of aromatic nitrogens is 2. The maximum Gasteiger partial charge on any atom is 0.255 e. The van der Waals surface area contributed by atoms with Gasteiger partial charge in [-0.1, -0.05) is 24.3 Å². The second-order valence-electron chi connectivity index (χ2n) is 4.14. The molecule has 0 aliphatic rings. The van der Waals surface area contributed by atoms with E-state index in [-0.39, 0.29) is 5.91 Å². The molecule has 0 radical (unpaired) electrons. The lowest BCUT2D eigenvalue weighted by atomic mass is 10.1. The summed E-state index contributed by atoms with van der Waals surface area (Å²) in [5, 5.41) is 10.3. The molecular weight excluding hydrogens is 254 g/mol. The Morgan fingerprint density at radius 2 is 1.90 bits per heavy atom. The third-order valence-corrected chi connectivity index (χ3v) is 2.76. The largest absolute Gasteiger partial charge is 0.423 e. The van der Waals surface area contributed by atoms with Crippen molar-refractivity contribution in [2.24, 2.45) is 0 Å². The smallest absolute Gasteiger partial charge is 0.255 e. The van der Waals surface area contributed by atoms with Gasteiger partial charge in [-0.2, -0.15) is 0 Å². The van der Waals surface area contributed by atoms with Crippen LogP contribution in [0.4, 0.5) is 5.69 Å². The van der Waals surface area contributed by atoms with Crippen LogP contribution in [0.2, 0.25) is 0 Å². The molecule has 5 nitrogen and oxygen atoms in total. The van der Waals surface area contributed by atoms with Crippen LogP contribution >= 0.6 is 0 Å². The van der Waals surface area contributed by atoms with Crippen molar-refractivity contribution in [3.8, 4) is 11.5 Å². The molecule has 1 amide bonds. The molecule has 0 bridgehead atoms. The van der Waals surface area contributed by atoms with Crippen LogP contribution in [0.25, 0.3) is 11.5 Å². The van der Waals surface area contributed by atoms with Crippen LogP contribution in [0.15, 0.2) is 65.4 Å². The van der Waals surface area contributed by atoms with Crippen molar-refractivity contribution in [2.45, 2.75) is 0 Å². The van der Waals surface area contributed by atoms with Crippen LogP contribution < -0.4 is 5.32 Å². The molecule has 5 heteroatoms. The minimum Gasteiger partial charge on any atom is -0.423 e. The molecule has 1 heterocycles. The number of amides is 1. The monoisotopic (exact) mass is 265 g/mol. The van der Waals surface area contributed by atoms with Gasteiger partial charge in [0.1, 0.15) is 0 Å². The summed E-state index contributed by atoms with van der Waals surface area (Å²) in [6.45, 7) is 0. The number of nitrogens with one attached hydrogen (secondary N) is 1. The summed E-state index contributed by atoms with van der Waals surface area (Å²) >= 11 is 0. The molecule has 1 N–H and O–H groups in total. The molecule has 3 aromatic rings. The summed E-state index contributed by atoms with van der Waals surface area (Å²) < 4.78 is 5.13. The van der Waals surface area contributed by atoms with Crippen molar-refractivity contribution < 1.29 is 9.21 Å². The van der Waals surface area contributed by atoms with E-state index in [1.54, 1.807) is 24.3 Å². The molecule has 2 aromatic carbocycles. The van der Waals surface area contributed by atoms with Crippen LogP contribution in [0.3, 0.4) is 0 Å². The standard InChI is InChI=1S/C15H11N3O2/c19-14(11-5-2-1-3-6-11)17-13-8-4-7-12(9-13)15-18-16-10-20-15/h1-10H,(H,17,19). The molecule has 0 saturated heterocycles. The summed E-state index contributed by atoms with van der Waals surface area (Å²) in [5.41, 5.74) is 2.04. The zero-order chi connectivity index (χ0) is 13.8. The van der Waals surface area contributed by atoms with E-state index in [2.05, 4.69) is 15.5 Å². The van der Waals surface area contributed by atoms with Crippen molar-refractivity contribution in [2.75, 3.05) is 5.32 Å². The zero-order valence-corrected chi connectivity index (χ0v) is 10.5. The summed E-state index contributed by atoms with van der Waals surface area (Å²) in [6, 6.07) is 16.3. The van der Waals surface area contributed by atoms with E-state index in [9.17, 15) is 4.79 Å². The molecule has 98 valence electrons. The van der Waals surface area contributed by atoms with Gasteiger partial charge in [-0.15, -0.1) is 10.2 Å². The molecule has 0 fully saturated rings. The molecule has 1 aromatic heterocycles. The van der Waals surface area contributed by atoms with Crippen LogP contribution in [0, 0.1) is 0 Å². The van der Waals surface area contributed by atoms with Gasteiger partial charge < -0.3 is 9.73 Å². The van der Waals surface area contributed by atoms with Gasteiger partial charge in [-0.3, -0.25) is 4.79 Å². The van der Waals surface area contributed by atoms with Gasteiger partial charge in [0.25, 0.3) is 5.91 Å². The first-order valence-corrected chi connectivity index (χ1v) is 6.06. The average Bonchev–Trinajstić information content (AvgIpc) is 3.03. The predicted molar refractivity (Wildman–Crippen MR) is 74.1 cm³/mol. The fraction of sp³-hybridized carbons (Fsp3) is 0. The van der Waals surface area contributed by atoms with Gasteiger partial charge >= 0.3 is 0 Å². The van der Waals surface area contributed by atoms with E-state index in [1.165, 1.54) is 6.39 Å². The summed E-state index contributed by atoms with van der Waals surface area (Å²) in [4.78, 5) is 12.0. The lowest BCUT2D eigenvalue weighted by molar-refractivity contribution is 0.102. The number of hydrogen-bond acceptors (Lipinski definition) is 4. The second-order valence-corrected chi connectivity index (χ2v) is 4.14. The van der Waals surface area contributed by atoms with Crippen LogP contribution in [-0.4, -0.2) is 16.1 Å². The van der Waals surface area contributed by atoms with E-state index < -0.39 is 0 Å². The highest BCUT2D eigenvalue weighted by atomic mass is 16.4. The van der Waals surface area contributed by atoms with E-state index in [0.29, 0.717) is 17.1 Å². The topological polar surface area (TPSA) is 68.0 Å². The van der Waals surface area contributed by atoms with Crippen LogP contribution in [0.1, 0.15) is 10.4 Å². The van der Waals surface area contributed by atoms with Gasteiger partial charge in [-0.05, 0) is 30.3 Å². The molecule has 0 atom stereocenters. The molecule has 0 aliphatic carbocycles.